The summed E-state index contributed by atoms with van der Waals surface area (Å²) < 4.78 is 5.19. The summed E-state index contributed by atoms with van der Waals surface area (Å²) >= 11 is 0. The second-order valence-electron chi connectivity index (χ2n) is 4.15. The van der Waals surface area contributed by atoms with E-state index in [1.165, 1.54) is 0 Å². The van der Waals surface area contributed by atoms with Crippen LogP contribution in [-0.2, 0) is 4.74 Å². The van der Waals surface area contributed by atoms with Crippen LogP contribution in [0.3, 0.4) is 0 Å². The van der Waals surface area contributed by atoms with Gasteiger partial charge in [-0.1, -0.05) is 33.3 Å². The Morgan fingerprint density at radius 2 is 2.13 bits per heavy atom. The molecule has 82 valence electrons. The molecule has 0 spiro atoms. The highest BCUT2D eigenvalue weighted by Crippen LogP contribution is 2.21. The number of hydrogen-bond acceptors (Lipinski definition) is 2. The van der Waals surface area contributed by atoms with Crippen molar-refractivity contribution in [1.29, 1.82) is 0 Å². The minimum Gasteiger partial charge on any atom is -0.465 e. The zero-order chi connectivity index (χ0) is 11.9. The second kappa shape index (κ2) is 6.08. The smallest absolute Gasteiger partial charge is 0.209 e. The molecule has 0 saturated carbocycles. The average molecular weight is 205 g/mol. The van der Waals surface area contributed by atoms with Gasteiger partial charge in [-0.25, -0.2) is 4.99 Å². The molecule has 0 N–H and O–H groups in total. The Bertz CT molecular complexity index is 310. The van der Waals surface area contributed by atoms with Gasteiger partial charge in [-0.3, -0.25) is 0 Å². The van der Waals surface area contributed by atoms with Crippen molar-refractivity contribution >= 4 is 6.21 Å². The number of nitrogens with zero attached hydrogens (tertiary/aromatic N) is 1. The van der Waals surface area contributed by atoms with Crippen LogP contribution in [0.25, 0.3) is 0 Å². The minimum absolute atomic E-state index is 0.0223. The number of ether oxygens (including phenoxy) is 1. The van der Waals surface area contributed by atoms with E-state index in [1.807, 2.05) is 6.92 Å². The van der Waals surface area contributed by atoms with Gasteiger partial charge in [0.15, 0.2) is 6.61 Å². The molecule has 15 heavy (non-hydrogen) atoms. The largest absolute Gasteiger partial charge is 0.465 e. The van der Waals surface area contributed by atoms with Gasteiger partial charge in [-0.05, 0) is 24.0 Å². The zero-order valence-corrected chi connectivity index (χ0v) is 10.0. The van der Waals surface area contributed by atoms with E-state index in [4.69, 9.17) is 11.2 Å². The summed E-state index contributed by atoms with van der Waals surface area (Å²) in [4.78, 5) is 4.16. The SMILES string of the molecule is C#CCOC(=C/C)/N=C\C(=C)C(C)(C)C. The summed E-state index contributed by atoms with van der Waals surface area (Å²) in [5, 5.41) is 0. The quantitative estimate of drug-likeness (QED) is 0.392. The summed E-state index contributed by atoms with van der Waals surface area (Å²) in [6.07, 6.45) is 8.57. The molecule has 0 aromatic heterocycles. The van der Waals surface area contributed by atoms with Crippen molar-refractivity contribution in [3.05, 3.63) is 24.1 Å². The van der Waals surface area contributed by atoms with Crippen LogP contribution in [-0.4, -0.2) is 12.8 Å². The fourth-order valence-corrected chi connectivity index (χ4v) is 0.646. The molecule has 0 aromatic rings. The lowest BCUT2D eigenvalue weighted by atomic mass is 9.88. The number of hydrogen-bond donors (Lipinski definition) is 0. The van der Waals surface area contributed by atoms with Gasteiger partial charge < -0.3 is 4.74 Å². The van der Waals surface area contributed by atoms with E-state index < -0.39 is 0 Å². The highest BCUT2D eigenvalue weighted by atomic mass is 16.5. The summed E-state index contributed by atoms with van der Waals surface area (Å²) in [5.74, 6) is 2.92. The Hall–Kier alpha value is -1.49. The first-order chi connectivity index (χ1) is 6.91. The molecule has 0 aromatic carbocycles. The molecule has 0 radical (unpaired) electrons. The van der Waals surface area contributed by atoms with Gasteiger partial charge in [0.25, 0.3) is 0 Å². The Morgan fingerprint density at radius 3 is 2.53 bits per heavy atom. The van der Waals surface area contributed by atoms with Crippen molar-refractivity contribution in [2.24, 2.45) is 10.4 Å². The molecule has 0 amide bonds. The first-order valence-electron chi connectivity index (χ1n) is 4.88. The summed E-state index contributed by atoms with van der Waals surface area (Å²) in [7, 11) is 0. The van der Waals surface area contributed by atoms with Crippen LogP contribution >= 0.6 is 0 Å². The molecule has 0 aliphatic heterocycles. The molecule has 0 rings (SSSR count). The van der Waals surface area contributed by atoms with Crippen molar-refractivity contribution < 1.29 is 4.74 Å². The minimum atomic E-state index is 0.0223. The second-order valence-corrected chi connectivity index (χ2v) is 4.15. The van der Waals surface area contributed by atoms with Gasteiger partial charge in [-0.15, -0.1) is 6.42 Å². The third-order valence-electron chi connectivity index (χ3n) is 1.86. The lowest BCUT2D eigenvalue weighted by Crippen LogP contribution is -2.09. The predicted molar refractivity (Wildman–Crippen MR) is 65.6 cm³/mol. The van der Waals surface area contributed by atoms with Crippen molar-refractivity contribution in [3.8, 4) is 12.3 Å². The lowest BCUT2D eigenvalue weighted by molar-refractivity contribution is 0.251. The fraction of sp³-hybridized carbons (Fsp3) is 0.462. The van der Waals surface area contributed by atoms with Gasteiger partial charge in [-0.2, -0.15) is 0 Å². The summed E-state index contributed by atoms with van der Waals surface area (Å²) in [6.45, 7) is 12.3. The van der Waals surface area contributed by atoms with Crippen molar-refractivity contribution in [2.75, 3.05) is 6.61 Å². The number of terminal acetylenes is 1. The van der Waals surface area contributed by atoms with Gasteiger partial charge in [0.2, 0.25) is 5.88 Å². The van der Waals surface area contributed by atoms with Crippen LogP contribution in [0.5, 0.6) is 0 Å². The predicted octanol–water partition coefficient (Wildman–Crippen LogP) is 3.17. The molecule has 0 unspecified atom stereocenters. The van der Waals surface area contributed by atoms with E-state index in [0.717, 1.165) is 5.57 Å². The van der Waals surface area contributed by atoms with Crippen LogP contribution in [0.1, 0.15) is 27.7 Å². The molecule has 2 nitrogen and oxygen atoms in total. The molecule has 0 aliphatic rings. The average Bonchev–Trinajstić information content (AvgIpc) is 2.16. The summed E-state index contributed by atoms with van der Waals surface area (Å²) in [5.41, 5.74) is 0.972. The van der Waals surface area contributed by atoms with Gasteiger partial charge in [0, 0.05) is 6.21 Å². The molecular formula is C13H19NO. The first-order valence-corrected chi connectivity index (χ1v) is 4.88. The molecule has 0 aliphatic carbocycles. The molecular weight excluding hydrogens is 186 g/mol. The normalized spacial score (nSPS) is 12.6. The number of rotatable bonds is 4. The maximum Gasteiger partial charge on any atom is 0.209 e. The zero-order valence-electron chi connectivity index (χ0n) is 10.0. The van der Waals surface area contributed by atoms with E-state index in [9.17, 15) is 0 Å². The Labute approximate surface area is 92.7 Å². The van der Waals surface area contributed by atoms with Gasteiger partial charge in [0.1, 0.15) is 0 Å². The van der Waals surface area contributed by atoms with Crippen molar-refractivity contribution in [1.82, 2.24) is 0 Å². The Morgan fingerprint density at radius 1 is 1.53 bits per heavy atom. The molecule has 0 fully saturated rings. The standard InChI is InChI=1S/C13H19NO/c1-7-9-15-12(8-2)14-10-11(3)13(4,5)6/h1,8,10H,3,9H2,2,4-6H3/b12-8+,14-10-. The highest BCUT2D eigenvalue weighted by molar-refractivity contribution is 5.79. The van der Waals surface area contributed by atoms with Crippen LogP contribution < -0.4 is 0 Å². The number of allylic oxidation sites excluding steroid dienone is 2. The lowest BCUT2D eigenvalue weighted by Gasteiger charge is -2.17. The topological polar surface area (TPSA) is 21.6 Å². The van der Waals surface area contributed by atoms with E-state index in [1.54, 1.807) is 12.3 Å². The molecule has 0 heterocycles. The molecule has 0 bridgehead atoms. The fourth-order valence-electron chi connectivity index (χ4n) is 0.646. The molecule has 2 heteroatoms. The van der Waals surface area contributed by atoms with Crippen molar-refractivity contribution in [2.45, 2.75) is 27.7 Å². The van der Waals surface area contributed by atoms with E-state index in [2.05, 4.69) is 38.3 Å². The van der Waals surface area contributed by atoms with E-state index >= 15 is 0 Å². The molecule has 0 saturated heterocycles. The Kier molecular flexibility index (Phi) is 5.48. The van der Waals surface area contributed by atoms with E-state index in [0.29, 0.717) is 5.88 Å². The highest BCUT2D eigenvalue weighted by Gasteiger charge is 2.12. The van der Waals surface area contributed by atoms with Crippen LogP contribution in [0.2, 0.25) is 0 Å². The Balaban J connectivity index is 4.39. The summed E-state index contributed by atoms with van der Waals surface area (Å²) in [6, 6.07) is 0. The van der Waals surface area contributed by atoms with Gasteiger partial charge in [0.05, 0.1) is 0 Å². The van der Waals surface area contributed by atoms with Crippen LogP contribution in [0.15, 0.2) is 29.1 Å². The third kappa shape index (κ3) is 5.74. The van der Waals surface area contributed by atoms with E-state index in [-0.39, 0.29) is 12.0 Å². The maximum absolute atomic E-state index is 5.19. The third-order valence-corrected chi connectivity index (χ3v) is 1.86. The first kappa shape index (κ1) is 13.5. The van der Waals surface area contributed by atoms with Crippen molar-refractivity contribution in [3.63, 3.8) is 0 Å². The van der Waals surface area contributed by atoms with Gasteiger partial charge >= 0.3 is 0 Å². The van der Waals surface area contributed by atoms with Crippen LogP contribution in [0, 0.1) is 17.8 Å². The van der Waals surface area contributed by atoms with Crippen LogP contribution in [0.4, 0.5) is 0 Å². The number of aliphatic imine (C=N–C) groups is 1. The monoisotopic (exact) mass is 205 g/mol. The maximum atomic E-state index is 5.19. The molecule has 0 atom stereocenters.